The second-order valence-electron chi connectivity index (χ2n) is 9.06. The number of fused-ring (bicyclic) bond motifs is 3. The molecule has 3 saturated carbocycles. The van der Waals surface area contributed by atoms with E-state index in [9.17, 15) is 5.11 Å². The first-order valence-corrected chi connectivity index (χ1v) is 10.4. The second kappa shape index (κ2) is 6.11. The van der Waals surface area contributed by atoms with E-state index in [0.717, 1.165) is 41.9 Å². The summed E-state index contributed by atoms with van der Waals surface area (Å²) in [5.74, 6) is 1.72. The molecule has 146 valence electrons. The van der Waals surface area contributed by atoms with E-state index >= 15 is 0 Å². The molecule has 1 N–H and O–H groups in total. The first-order chi connectivity index (χ1) is 14.2. The lowest BCUT2D eigenvalue weighted by atomic mass is 9.34. The maximum atomic E-state index is 9.54. The van der Waals surface area contributed by atoms with Crippen LogP contribution >= 0.6 is 0 Å². The first-order valence-electron chi connectivity index (χ1n) is 10.4. The molecule has 0 spiro atoms. The van der Waals surface area contributed by atoms with Crippen molar-refractivity contribution in [2.45, 2.75) is 37.9 Å². The Balaban J connectivity index is 1.23. The molecule has 0 amide bonds. The van der Waals surface area contributed by atoms with E-state index in [1.54, 1.807) is 0 Å². The van der Waals surface area contributed by atoms with Crippen molar-refractivity contribution in [1.29, 1.82) is 0 Å². The third kappa shape index (κ3) is 2.61. The number of rotatable bonds is 5. The highest BCUT2D eigenvalue weighted by molar-refractivity contribution is 5.76. The van der Waals surface area contributed by atoms with Crippen molar-refractivity contribution in [2.24, 2.45) is 5.41 Å². The topological polar surface area (TPSA) is 38.7 Å². The number of benzene rings is 3. The molecule has 3 nitrogen and oxygen atoms in total. The van der Waals surface area contributed by atoms with E-state index in [4.69, 9.17) is 9.47 Å². The Bertz CT molecular complexity index is 1070. The number of aliphatic hydroxyl groups is 1. The summed E-state index contributed by atoms with van der Waals surface area (Å²) in [5, 5.41) is 9.54. The first kappa shape index (κ1) is 17.1. The highest BCUT2D eigenvalue weighted by Gasteiger charge is 2.67. The fourth-order valence-electron chi connectivity index (χ4n) is 5.61. The molecule has 29 heavy (non-hydrogen) atoms. The van der Waals surface area contributed by atoms with Crippen molar-refractivity contribution >= 4 is 0 Å². The fraction of sp³-hybridized carbons (Fsp3) is 0.308. The highest BCUT2D eigenvalue weighted by Crippen LogP contribution is 2.73. The Morgan fingerprint density at radius 1 is 0.897 bits per heavy atom. The zero-order valence-corrected chi connectivity index (χ0v) is 16.4. The number of aliphatic hydroxyl groups excluding tert-OH is 1. The van der Waals surface area contributed by atoms with Crippen molar-refractivity contribution in [3.05, 3.63) is 83.4 Å². The molecule has 0 radical (unpaired) electrons. The second-order valence-corrected chi connectivity index (χ2v) is 9.06. The summed E-state index contributed by atoms with van der Waals surface area (Å²) in [6.07, 6.45) is 3.40. The van der Waals surface area contributed by atoms with Crippen LogP contribution in [0.1, 0.15) is 36.0 Å². The molecule has 0 aromatic heterocycles. The summed E-state index contributed by atoms with van der Waals surface area (Å²) in [6, 6.07) is 23.2. The largest absolute Gasteiger partial charge is 0.489 e. The molecule has 0 saturated heterocycles. The van der Waals surface area contributed by atoms with Gasteiger partial charge in [-0.15, -0.1) is 0 Å². The predicted molar refractivity (Wildman–Crippen MR) is 112 cm³/mol. The Morgan fingerprint density at radius 3 is 2.48 bits per heavy atom. The average molecular weight is 384 g/mol. The van der Waals surface area contributed by atoms with Gasteiger partial charge in [-0.3, -0.25) is 0 Å². The molecule has 3 aliphatic carbocycles. The third-order valence-electron chi connectivity index (χ3n) is 7.07. The zero-order valence-electron chi connectivity index (χ0n) is 16.4. The fourth-order valence-corrected chi connectivity index (χ4v) is 5.61. The van der Waals surface area contributed by atoms with Crippen molar-refractivity contribution in [3.8, 4) is 22.6 Å². The Hall–Kier alpha value is -2.78. The maximum Gasteiger partial charge on any atom is 0.131 e. The van der Waals surface area contributed by atoms with Crippen LogP contribution < -0.4 is 9.47 Å². The van der Waals surface area contributed by atoms with Crippen LogP contribution in [0.3, 0.4) is 0 Å². The Labute approximate surface area is 170 Å². The van der Waals surface area contributed by atoms with Crippen LogP contribution in [0.5, 0.6) is 11.5 Å². The third-order valence-corrected chi connectivity index (χ3v) is 7.07. The molecule has 0 unspecified atom stereocenters. The van der Waals surface area contributed by atoms with Gasteiger partial charge in [0.15, 0.2) is 0 Å². The van der Waals surface area contributed by atoms with Crippen LogP contribution in [0.2, 0.25) is 0 Å². The average Bonchev–Trinajstić information content (AvgIpc) is 2.71. The Morgan fingerprint density at radius 2 is 1.69 bits per heavy atom. The van der Waals surface area contributed by atoms with Gasteiger partial charge in [0.2, 0.25) is 0 Å². The van der Waals surface area contributed by atoms with Crippen molar-refractivity contribution in [3.63, 3.8) is 0 Å². The molecule has 3 aromatic carbocycles. The lowest BCUT2D eigenvalue weighted by Gasteiger charge is -2.70. The SMILES string of the molecule is OCC12CC(c3ccc4c(c3)COc3cc(OCc5ccccc5)ccc3-4)(C1)C2. The van der Waals surface area contributed by atoms with E-state index in [2.05, 4.69) is 36.4 Å². The highest BCUT2D eigenvalue weighted by atomic mass is 16.5. The van der Waals surface area contributed by atoms with Crippen LogP contribution in [0, 0.1) is 5.41 Å². The lowest BCUT2D eigenvalue weighted by Crippen LogP contribution is -2.66. The van der Waals surface area contributed by atoms with Gasteiger partial charge in [-0.25, -0.2) is 0 Å². The predicted octanol–water partition coefficient (Wildman–Crippen LogP) is 5.24. The normalized spacial score (nSPS) is 25.7. The molecular formula is C26H24O3. The minimum atomic E-state index is 0.231. The summed E-state index contributed by atoms with van der Waals surface area (Å²) in [4.78, 5) is 0. The molecule has 3 aromatic rings. The molecule has 7 rings (SSSR count). The zero-order chi connectivity index (χ0) is 19.5. The summed E-state index contributed by atoms with van der Waals surface area (Å²) in [7, 11) is 0. The van der Waals surface area contributed by atoms with E-state index in [1.807, 2.05) is 30.3 Å². The molecular weight excluding hydrogens is 360 g/mol. The lowest BCUT2D eigenvalue weighted by molar-refractivity contribution is -0.167. The van der Waals surface area contributed by atoms with Crippen LogP contribution in [0.15, 0.2) is 66.7 Å². The van der Waals surface area contributed by atoms with E-state index in [0.29, 0.717) is 25.2 Å². The smallest absolute Gasteiger partial charge is 0.131 e. The van der Waals surface area contributed by atoms with Gasteiger partial charge in [0.05, 0.1) is 0 Å². The molecule has 4 aliphatic rings. The van der Waals surface area contributed by atoms with Crippen molar-refractivity contribution in [1.82, 2.24) is 0 Å². The van der Waals surface area contributed by atoms with Crippen LogP contribution in [-0.2, 0) is 18.6 Å². The van der Waals surface area contributed by atoms with Gasteiger partial charge in [0.1, 0.15) is 24.7 Å². The van der Waals surface area contributed by atoms with Gasteiger partial charge < -0.3 is 14.6 Å². The van der Waals surface area contributed by atoms with Gasteiger partial charge in [-0.1, -0.05) is 48.5 Å². The molecule has 2 bridgehead atoms. The van der Waals surface area contributed by atoms with E-state index < -0.39 is 0 Å². The summed E-state index contributed by atoms with van der Waals surface area (Å²) in [6.45, 7) is 1.49. The van der Waals surface area contributed by atoms with Crippen LogP contribution in [0.25, 0.3) is 11.1 Å². The van der Waals surface area contributed by atoms with E-state index in [-0.39, 0.29) is 5.41 Å². The van der Waals surface area contributed by atoms with Gasteiger partial charge in [0, 0.05) is 18.2 Å². The number of ether oxygens (including phenoxy) is 2. The van der Waals surface area contributed by atoms with Crippen molar-refractivity contribution in [2.75, 3.05) is 6.61 Å². The standard InChI is InChI=1S/C26H24O3/c27-17-25-14-26(15-25,16-25)20-6-8-22-19(10-20)13-29-24-11-21(7-9-23(22)24)28-12-18-4-2-1-3-5-18/h1-11,27H,12-17H2. The number of hydrogen-bond donors (Lipinski definition) is 1. The minimum Gasteiger partial charge on any atom is -0.489 e. The van der Waals surface area contributed by atoms with Crippen molar-refractivity contribution < 1.29 is 14.6 Å². The molecule has 1 heterocycles. The summed E-state index contributed by atoms with van der Waals surface area (Å²) in [5.41, 5.74) is 6.77. The van der Waals surface area contributed by atoms with Gasteiger partial charge in [0.25, 0.3) is 0 Å². The van der Waals surface area contributed by atoms with E-state index in [1.165, 1.54) is 16.7 Å². The van der Waals surface area contributed by atoms with Gasteiger partial charge in [-0.05, 0) is 64.5 Å². The summed E-state index contributed by atoms with van der Waals surface area (Å²) < 4.78 is 12.1. The van der Waals surface area contributed by atoms with Gasteiger partial charge >= 0.3 is 0 Å². The molecule has 3 fully saturated rings. The minimum absolute atomic E-state index is 0.231. The molecule has 0 atom stereocenters. The molecule has 1 aliphatic heterocycles. The van der Waals surface area contributed by atoms with Gasteiger partial charge in [-0.2, -0.15) is 0 Å². The Kier molecular flexibility index (Phi) is 3.60. The number of hydrogen-bond acceptors (Lipinski definition) is 3. The van der Waals surface area contributed by atoms with Crippen LogP contribution in [-0.4, -0.2) is 11.7 Å². The quantitative estimate of drug-likeness (QED) is 0.654. The van der Waals surface area contributed by atoms with Crippen LogP contribution in [0.4, 0.5) is 0 Å². The summed E-state index contributed by atoms with van der Waals surface area (Å²) >= 11 is 0. The monoisotopic (exact) mass is 384 g/mol. The molecule has 3 heteroatoms. The maximum absolute atomic E-state index is 9.54.